The van der Waals surface area contributed by atoms with Crippen molar-refractivity contribution in [1.29, 1.82) is 0 Å². The fourth-order valence-electron chi connectivity index (χ4n) is 1.55. The third kappa shape index (κ3) is 3.54. The maximum absolute atomic E-state index is 12.8. The maximum atomic E-state index is 12.8. The molecule has 22 heavy (non-hydrogen) atoms. The van der Waals surface area contributed by atoms with Gasteiger partial charge in [0.1, 0.15) is 17.1 Å². The summed E-state index contributed by atoms with van der Waals surface area (Å²) in [6.07, 6.45) is -7.39. The Morgan fingerprint density at radius 3 is 2.73 bits per heavy atom. The molecule has 0 saturated carbocycles. The van der Waals surface area contributed by atoms with Gasteiger partial charge in [-0.3, -0.25) is 4.79 Å². The molecule has 0 unspecified atom stereocenters. The van der Waals surface area contributed by atoms with Crippen LogP contribution in [0.2, 0.25) is 0 Å². The van der Waals surface area contributed by atoms with E-state index in [0.717, 1.165) is 12.1 Å². The summed E-state index contributed by atoms with van der Waals surface area (Å²) in [6, 6.07) is 4.72. The van der Waals surface area contributed by atoms with Crippen LogP contribution in [-0.4, -0.2) is 23.6 Å². The SMILES string of the molecule is Cc1oncc1C(=O)Nc1cccc(OC(F)(F)C(F)F)c1. The first-order valence-electron chi connectivity index (χ1n) is 5.97. The Hall–Kier alpha value is -2.58. The number of nitrogens with one attached hydrogen (secondary N) is 1. The molecule has 1 N–H and O–H groups in total. The van der Waals surface area contributed by atoms with Gasteiger partial charge < -0.3 is 14.6 Å². The molecule has 1 heterocycles. The zero-order valence-corrected chi connectivity index (χ0v) is 11.1. The number of benzene rings is 1. The van der Waals surface area contributed by atoms with Crippen molar-refractivity contribution < 1.29 is 31.6 Å². The van der Waals surface area contributed by atoms with Gasteiger partial charge in [0.15, 0.2) is 0 Å². The van der Waals surface area contributed by atoms with Gasteiger partial charge in [-0.25, -0.2) is 0 Å². The minimum absolute atomic E-state index is 0.0909. The van der Waals surface area contributed by atoms with E-state index in [2.05, 4.69) is 15.2 Å². The van der Waals surface area contributed by atoms with Crippen LogP contribution in [0.3, 0.4) is 0 Å². The zero-order valence-electron chi connectivity index (χ0n) is 11.1. The summed E-state index contributed by atoms with van der Waals surface area (Å²) in [5, 5.41) is 5.82. The molecule has 0 bridgehead atoms. The van der Waals surface area contributed by atoms with Gasteiger partial charge in [0.2, 0.25) is 0 Å². The van der Waals surface area contributed by atoms with E-state index < -0.39 is 24.2 Å². The van der Waals surface area contributed by atoms with Crippen molar-refractivity contribution in [1.82, 2.24) is 5.16 Å². The van der Waals surface area contributed by atoms with E-state index in [9.17, 15) is 22.4 Å². The largest absolute Gasteiger partial charge is 0.461 e. The molecule has 0 spiro atoms. The molecule has 1 amide bonds. The molecule has 0 aliphatic rings. The van der Waals surface area contributed by atoms with Gasteiger partial charge in [0, 0.05) is 11.8 Å². The number of halogens is 4. The quantitative estimate of drug-likeness (QED) is 0.857. The molecular weight excluding hydrogens is 308 g/mol. The second-order valence-electron chi connectivity index (χ2n) is 4.24. The number of nitrogens with zero attached hydrogens (tertiary/aromatic N) is 1. The highest BCUT2D eigenvalue weighted by atomic mass is 19.3. The Balaban J connectivity index is 2.12. The predicted molar refractivity (Wildman–Crippen MR) is 67.2 cm³/mol. The van der Waals surface area contributed by atoms with E-state index in [1.807, 2.05) is 0 Å². The van der Waals surface area contributed by atoms with Crippen LogP contribution >= 0.6 is 0 Å². The smallest absolute Gasteiger partial charge is 0.428 e. The molecular formula is C13H10F4N2O3. The van der Waals surface area contributed by atoms with E-state index >= 15 is 0 Å². The minimum atomic E-state index is -4.62. The first-order chi connectivity index (χ1) is 10.3. The van der Waals surface area contributed by atoms with Crippen LogP contribution in [0.4, 0.5) is 23.2 Å². The van der Waals surface area contributed by atoms with Crippen molar-refractivity contribution in [3.63, 3.8) is 0 Å². The lowest BCUT2D eigenvalue weighted by Gasteiger charge is -2.17. The van der Waals surface area contributed by atoms with E-state index in [0.29, 0.717) is 0 Å². The fourth-order valence-corrected chi connectivity index (χ4v) is 1.55. The summed E-state index contributed by atoms with van der Waals surface area (Å²) in [5.74, 6) is -0.823. The number of aromatic nitrogens is 1. The predicted octanol–water partition coefficient (Wildman–Crippen LogP) is 3.47. The first kappa shape index (κ1) is 15.8. The normalized spacial score (nSPS) is 11.5. The third-order valence-electron chi connectivity index (χ3n) is 2.60. The molecule has 2 rings (SSSR count). The number of rotatable bonds is 5. The number of amides is 1. The van der Waals surface area contributed by atoms with E-state index in [4.69, 9.17) is 4.52 Å². The highest BCUT2D eigenvalue weighted by Crippen LogP contribution is 2.29. The maximum Gasteiger partial charge on any atom is 0.461 e. The standard InChI is InChI=1S/C13H10F4N2O3/c1-7-10(6-18-22-7)11(20)19-8-3-2-4-9(5-8)21-13(16,17)12(14)15/h2-6,12H,1H3,(H,19,20). The molecule has 118 valence electrons. The Morgan fingerprint density at radius 1 is 1.41 bits per heavy atom. The van der Waals surface area contributed by atoms with Gasteiger partial charge in [-0.2, -0.15) is 17.6 Å². The summed E-state index contributed by atoms with van der Waals surface area (Å²) in [5.41, 5.74) is 0.248. The van der Waals surface area contributed by atoms with Gasteiger partial charge in [-0.15, -0.1) is 0 Å². The number of hydrogen-bond acceptors (Lipinski definition) is 4. The lowest BCUT2D eigenvalue weighted by Crippen LogP contribution is -2.33. The summed E-state index contributed by atoms with van der Waals surface area (Å²) < 4.78 is 58.5. The van der Waals surface area contributed by atoms with Gasteiger partial charge in [-0.05, 0) is 19.1 Å². The van der Waals surface area contributed by atoms with Crippen molar-refractivity contribution >= 4 is 11.6 Å². The van der Waals surface area contributed by atoms with Crippen LogP contribution in [0.5, 0.6) is 5.75 Å². The average molecular weight is 318 g/mol. The number of ether oxygens (including phenoxy) is 1. The lowest BCUT2D eigenvalue weighted by atomic mass is 10.2. The molecule has 0 aliphatic heterocycles. The number of carbonyl (C=O) groups excluding carboxylic acids is 1. The van der Waals surface area contributed by atoms with Gasteiger partial charge in [0.05, 0.1) is 6.20 Å². The molecule has 0 atom stereocenters. The molecule has 5 nitrogen and oxygen atoms in total. The third-order valence-corrected chi connectivity index (χ3v) is 2.60. The second-order valence-corrected chi connectivity index (χ2v) is 4.24. The van der Waals surface area contributed by atoms with Crippen LogP contribution in [-0.2, 0) is 0 Å². The second kappa shape index (κ2) is 6.04. The van der Waals surface area contributed by atoms with E-state index in [1.165, 1.54) is 25.3 Å². The summed E-state index contributed by atoms with van der Waals surface area (Å²) in [4.78, 5) is 11.9. The number of hydrogen-bond donors (Lipinski definition) is 1. The number of carbonyl (C=O) groups is 1. The van der Waals surface area contributed by atoms with Crippen molar-refractivity contribution in [3.05, 3.63) is 41.8 Å². The molecule has 1 aromatic heterocycles. The summed E-state index contributed by atoms with van der Waals surface area (Å²) >= 11 is 0. The minimum Gasteiger partial charge on any atom is -0.428 e. The Bertz CT molecular complexity index is 673. The van der Waals surface area contributed by atoms with Crippen LogP contribution in [0, 0.1) is 6.92 Å². The fraction of sp³-hybridized carbons (Fsp3) is 0.231. The topological polar surface area (TPSA) is 64.4 Å². The number of alkyl halides is 4. The van der Waals surface area contributed by atoms with E-state index in [1.54, 1.807) is 0 Å². The van der Waals surface area contributed by atoms with Crippen LogP contribution in [0.1, 0.15) is 16.1 Å². The van der Waals surface area contributed by atoms with Crippen molar-refractivity contribution in [2.45, 2.75) is 19.5 Å². The monoisotopic (exact) mass is 318 g/mol. The Kier molecular flexibility index (Phi) is 4.34. The van der Waals surface area contributed by atoms with Crippen LogP contribution < -0.4 is 10.1 Å². The van der Waals surface area contributed by atoms with E-state index in [-0.39, 0.29) is 17.0 Å². The summed E-state index contributed by atoms with van der Waals surface area (Å²) in [6.45, 7) is 1.52. The molecule has 2 aromatic rings. The van der Waals surface area contributed by atoms with Gasteiger partial charge in [0.25, 0.3) is 5.91 Å². The molecule has 9 heteroatoms. The van der Waals surface area contributed by atoms with Gasteiger partial charge >= 0.3 is 12.5 Å². The van der Waals surface area contributed by atoms with Crippen molar-refractivity contribution in [3.8, 4) is 5.75 Å². The molecule has 0 fully saturated rings. The Morgan fingerprint density at radius 2 is 2.14 bits per heavy atom. The van der Waals surface area contributed by atoms with Crippen molar-refractivity contribution in [2.24, 2.45) is 0 Å². The molecule has 0 radical (unpaired) electrons. The van der Waals surface area contributed by atoms with Crippen molar-refractivity contribution in [2.75, 3.05) is 5.32 Å². The Labute approximate surface area is 121 Å². The molecule has 0 aliphatic carbocycles. The summed E-state index contributed by atoms with van der Waals surface area (Å²) in [7, 11) is 0. The van der Waals surface area contributed by atoms with Gasteiger partial charge in [-0.1, -0.05) is 11.2 Å². The number of aryl methyl sites for hydroxylation is 1. The number of anilines is 1. The first-order valence-corrected chi connectivity index (χ1v) is 5.97. The van der Waals surface area contributed by atoms with Crippen LogP contribution in [0.25, 0.3) is 0 Å². The molecule has 1 aromatic carbocycles. The average Bonchev–Trinajstić information content (AvgIpc) is 2.84. The highest BCUT2D eigenvalue weighted by Gasteiger charge is 2.43. The zero-order chi connectivity index (χ0) is 16.3. The van der Waals surface area contributed by atoms with Crippen LogP contribution in [0.15, 0.2) is 35.0 Å². The lowest BCUT2D eigenvalue weighted by molar-refractivity contribution is -0.253. The molecule has 0 saturated heterocycles. The highest BCUT2D eigenvalue weighted by molar-refractivity contribution is 6.04.